The summed E-state index contributed by atoms with van der Waals surface area (Å²) in [5.74, 6) is 0.744. The summed E-state index contributed by atoms with van der Waals surface area (Å²) in [5, 5.41) is 7.09. The topological polar surface area (TPSA) is 88.8 Å². The molecular weight excluding hydrogens is 440 g/mol. The van der Waals surface area contributed by atoms with E-state index in [0.29, 0.717) is 49.3 Å². The van der Waals surface area contributed by atoms with Crippen LogP contribution >= 0.6 is 22.9 Å². The first-order chi connectivity index (χ1) is 15.0. The van der Waals surface area contributed by atoms with Gasteiger partial charge in [-0.3, -0.25) is 9.59 Å². The highest BCUT2D eigenvalue weighted by Gasteiger charge is 2.27. The van der Waals surface area contributed by atoms with Crippen LogP contribution < -0.4 is 4.74 Å². The number of thiazole rings is 1. The highest BCUT2D eigenvalue weighted by Crippen LogP contribution is 2.19. The highest BCUT2D eigenvalue weighted by molar-refractivity contribution is 7.09. The molecule has 1 aromatic carbocycles. The lowest BCUT2D eigenvalue weighted by atomic mass is 10.2. The van der Waals surface area contributed by atoms with Crippen LogP contribution in [0.15, 0.2) is 40.2 Å². The van der Waals surface area contributed by atoms with Crippen LogP contribution in [0, 0.1) is 6.92 Å². The number of nitrogens with zero attached hydrogens (tertiary/aromatic N) is 4. The zero-order valence-electron chi connectivity index (χ0n) is 16.9. The predicted octanol–water partition coefficient (Wildman–Crippen LogP) is 3.20. The Bertz CT molecular complexity index is 1060. The number of benzene rings is 1. The van der Waals surface area contributed by atoms with Gasteiger partial charge in [0.2, 0.25) is 11.7 Å². The monoisotopic (exact) mass is 460 g/mol. The Balaban J connectivity index is 1.24. The molecular formula is C21H21ClN4O4S. The average Bonchev–Trinajstić information content (AvgIpc) is 3.42. The number of halogens is 1. The summed E-state index contributed by atoms with van der Waals surface area (Å²) in [5.41, 5.74) is 1.39. The fourth-order valence-electron chi connectivity index (χ4n) is 3.22. The van der Waals surface area contributed by atoms with E-state index in [9.17, 15) is 9.59 Å². The Morgan fingerprint density at radius 1 is 1.16 bits per heavy atom. The zero-order valence-corrected chi connectivity index (χ0v) is 18.5. The molecule has 1 aliphatic rings. The molecule has 1 aliphatic heterocycles. The molecule has 0 spiro atoms. The second kappa shape index (κ2) is 9.49. The fraction of sp³-hybridized carbons (Fsp3) is 0.333. The molecule has 0 aliphatic carbocycles. The van der Waals surface area contributed by atoms with Gasteiger partial charge in [0.05, 0.1) is 17.8 Å². The third-order valence-electron chi connectivity index (χ3n) is 4.87. The van der Waals surface area contributed by atoms with Crippen LogP contribution in [0.4, 0.5) is 0 Å². The van der Waals surface area contributed by atoms with Gasteiger partial charge in [0.25, 0.3) is 5.91 Å². The highest BCUT2D eigenvalue weighted by atomic mass is 35.5. The molecule has 4 rings (SSSR count). The van der Waals surface area contributed by atoms with Gasteiger partial charge >= 0.3 is 0 Å². The number of carbonyl (C=O) groups is 2. The van der Waals surface area contributed by atoms with E-state index in [-0.39, 0.29) is 24.0 Å². The number of amides is 2. The number of rotatable bonds is 6. The van der Waals surface area contributed by atoms with Gasteiger partial charge in [-0.25, -0.2) is 4.98 Å². The van der Waals surface area contributed by atoms with Crippen LogP contribution in [0.5, 0.6) is 5.75 Å². The summed E-state index contributed by atoms with van der Waals surface area (Å²) >= 11 is 7.33. The summed E-state index contributed by atoms with van der Waals surface area (Å²) in [6.45, 7) is 3.98. The molecule has 0 radical (unpaired) electrons. The molecule has 0 N–H and O–H groups in total. The van der Waals surface area contributed by atoms with Gasteiger partial charge in [-0.05, 0) is 31.2 Å². The molecule has 0 unspecified atom stereocenters. The van der Waals surface area contributed by atoms with Crippen molar-refractivity contribution in [3.05, 3.63) is 62.9 Å². The van der Waals surface area contributed by atoms with Gasteiger partial charge < -0.3 is 19.1 Å². The summed E-state index contributed by atoms with van der Waals surface area (Å²) in [6.07, 6.45) is 0.229. The second-order valence-electron chi connectivity index (χ2n) is 7.16. The molecule has 0 atom stereocenters. The van der Waals surface area contributed by atoms with E-state index >= 15 is 0 Å². The molecule has 1 saturated heterocycles. The SMILES string of the molecule is Cc1cc(C(=O)N2CCN(C(=O)Cc3csc(COc4ccc(Cl)cc4)n3)CC2)on1. The standard InChI is InChI=1S/C21H21ClN4O4S/c1-14-10-18(30-24-14)21(28)26-8-6-25(7-9-26)20(27)11-16-13-31-19(23-16)12-29-17-4-2-15(22)3-5-17/h2-5,10,13H,6-9,11-12H2,1H3. The van der Waals surface area contributed by atoms with Gasteiger partial charge in [0.1, 0.15) is 17.4 Å². The number of aromatic nitrogens is 2. The molecule has 1 fully saturated rings. The smallest absolute Gasteiger partial charge is 0.292 e. The van der Waals surface area contributed by atoms with Crippen LogP contribution in [0.3, 0.4) is 0 Å². The lowest BCUT2D eigenvalue weighted by Crippen LogP contribution is -2.51. The molecule has 162 valence electrons. The van der Waals surface area contributed by atoms with Crippen molar-refractivity contribution in [3.63, 3.8) is 0 Å². The van der Waals surface area contributed by atoms with E-state index < -0.39 is 0 Å². The molecule has 0 saturated carbocycles. The predicted molar refractivity (Wildman–Crippen MR) is 115 cm³/mol. The van der Waals surface area contributed by atoms with Crippen molar-refractivity contribution in [2.75, 3.05) is 26.2 Å². The Labute approximate surface area is 188 Å². The molecule has 3 heterocycles. The number of carbonyl (C=O) groups excluding carboxylic acids is 2. The van der Waals surface area contributed by atoms with Crippen molar-refractivity contribution in [1.82, 2.24) is 19.9 Å². The average molecular weight is 461 g/mol. The van der Waals surface area contributed by atoms with Gasteiger partial charge in [0.15, 0.2) is 0 Å². The first kappa shape index (κ1) is 21.3. The quantitative estimate of drug-likeness (QED) is 0.561. The maximum Gasteiger partial charge on any atom is 0.292 e. The van der Waals surface area contributed by atoms with Crippen molar-refractivity contribution < 1.29 is 18.8 Å². The van der Waals surface area contributed by atoms with Crippen molar-refractivity contribution in [3.8, 4) is 5.75 Å². The summed E-state index contributed by atoms with van der Waals surface area (Å²) in [7, 11) is 0. The third kappa shape index (κ3) is 5.42. The lowest BCUT2D eigenvalue weighted by molar-refractivity contribution is -0.132. The van der Waals surface area contributed by atoms with Gasteiger partial charge in [-0.15, -0.1) is 11.3 Å². The molecule has 2 amide bonds. The van der Waals surface area contributed by atoms with Crippen LogP contribution in [0.1, 0.15) is 27.0 Å². The summed E-state index contributed by atoms with van der Waals surface area (Å²) < 4.78 is 10.7. The maximum absolute atomic E-state index is 12.7. The van der Waals surface area contributed by atoms with E-state index in [1.165, 1.54) is 11.3 Å². The normalized spacial score (nSPS) is 14.0. The van der Waals surface area contributed by atoms with Crippen LogP contribution in [-0.2, 0) is 17.8 Å². The Kier molecular flexibility index (Phi) is 6.53. The maximum atomic E-state index is 12.7. The van der Waals surface area contributed by atoms with Crippen molar-refractivity contribution in [2.45, 2.75) is 20.0 Å². The lowest BCUT2D eigenvalue weighted by Gasteiger charge is -2.34. The Morgan fingerprint density at radius 3 is 2.55 bits per heavy atom. The minimum Gasteiger partial charge on any atom is -0.486 e. The van der Waals surface area contributed by atoms with Gasteiger partial charge in [0, 0.05) is 42.6 Å². The van der Waals surface area contributed by atoms with E-state index in [2.05, 4.69) is 10.1 Å². The van der Waals surface area contributed by atoms with E-state index in [0.717, 1.165) is 10.7 Å². The minimum atomic E-state index is -0.197. The second-order valence-corrected chi connectivity index (χ2v) is 8.54. The molecule has 2 aromatic heterocycles. The van der Waals surface area contributed by atoms with Crippen molar-refractivity contribution in [2.24, 2.45) is 0 Å². The fourth-order valence-corrected chi connectivity index (χ4v) is 4.05. The van der Waals surface area contributed by atoms with Gasteiger partial charge in [-0.2, -0.15) is 0 Å². The van der Waals surface area contributed by atoms with Crippen molar-refractivity contribution in [1.29, 1.82) is 0 Å². The van der Waals surface area contributed by atoms with Crippen LogP contribution in [0.25, 0.3) is 0 Å². The summed E-state index contributed by atoms with van der Waals surface area (Å²) in [4.78, 5) is 33.0. The largest absolute Gasteiger partial charge is 0.486 e. The van der Waals surface area contributed by atoms with Crippen molar-refractivity contribution >= 4 is 34.8 Å². The molecule has 31 heavy (non-hydrogen) atoms. The van der Waals surface area contributed by atoms with Crippen LogP contribution in [-0.4, -0.2) is 57.9 Å². The van der Waals surface area contributed by atoms with E-state index in [4.69, 9.17) is 20.9 Å². The van der Waals surface area contributed by atoms with Gasteiger partial charge in [-0.1, -0.05) is 16.8 Å². The first-order valence-corrected chi connectivity index (χ1v) is 11.1. The molecule has 10 heteroatoms. The number of hydrogen-bond donors (Lipinski definition) is 0. The van der Waals surface area contributed by atoms with E-state index in [1.807, 2.05) is 5.38 Å². The number of ether oxygens (including phenoxy) is 1. The Hall–Kier alpha value is -2.91. The molecule has 8 nitrogen and oxygen atoms in total. The number of hydrogen-bond acceptors (Lipinski definition) is 7. The molecule has 3 aromatic rings. The third-order valence-corrected chi connectivity index (χ3v) is 5.99. The molecule has 0 bridgehead atoms. The Morgan fingerprint density at radius 2 is 1.87 bits per heavy atom. The number of aryl methyl sites for hydroxylation is 1. The van der Waals surface area contributed by atoms with E-state index in [1.54, 1.807) is 47.1 Å². The number of piperazine rings is 1. The zero-order chi connectivity index (χ0) is 21.8. The van der Waals surface area contributed by atoms with Crippen LogP contribution in [0.2, 0.25) is 5.02 Å². The summed E-state index contributed by atoms with van der Waals surface area (Å²) in [6, 6.07) is 8.75. The first-order valence-electron chi connectivity index (χ1n) is 9.80. The minimum absolute atomic E-state index is 0.00178.